The highest BCUT2D eigenvalue weighted by Crippen LogP contribution is 2.19. The molecule has 0 spiro atoms. The van der Waals surface area contributed by atoms with Crippen LogP contribution >= 0.6 is 34.2 Å². The summed E-state index contributed by atoms with van der Waals surface area (Å²) in [5, 5.41) is 12.8. The first kappa shape index (κ1) is 16.3. The number of amides is 1. The van der Waals surface area contributed by atoms with Gasteiger partial charge in [0.1, 0.15) is 0 Å². The summed E-state index contributed by atoms with van der Waals surface area (Å²) in [5.74, 6) is -0.233. The lowest BCUT2D eigenvalue weighted by Gasteiger charge is -2.16. The minimum absolute atomic E-state index is 0.112. The molecule has 0 aliphatic carbocycles. The molecular formula is C16H15ClINO2. The van der Waals surface area contributed by atoms with Gasteiger partial charge < -0.3 is 10.4 Å². The second-order valence-corrected chi connectivity index (χ2v) is 6.24. The van der Waals surface area contributed by atoms with Crippen molar-refractivity contribution < 1.29 is 9.90 Å². The normalized spacial score (nSPS) is 12.0. The van der Waals surface area contributed by atoms with E-state index >= 15 is 0 Å². The summed E-state index contributed by atoms with van der Waals surface area (Å²) in [6, 6.07) is 14.6. The molecule has 0 aromatic heterocycles. The van der Waals surface area contributed by atoms with Gasteiger partial charge in [0.2, 0.25) is 0 Å². The molecule has 2 aromatic rings. The first-order valence-electron chi connectivity index (χ1n) is 6.51. The Morgan fingerprint density at radius 3 is 2.57 bits per heavy atom. The first-order valence-corrected chi connectivity index (χ1v) is 7.96. The van der Waals surface area contributed by atoms with Crippen LogP contribution in [0.2, 0.25) is 5.02 Å². The highest BCUT2D eigenvalue weighted by atomic mass is 127. The predicted molar refractivity (Wildman–Crippen MR) is 92.7 cm³/mol. The van der Waals surface area contributed by atoms with Crippen molar-refractivity contribution in [3.05, 3.63) is 68.3 Å². The Hall–Kier alpha value is -1.11. The number of hydrogen-bond donors (Lipinski definition) is 2. The van der Waals surface area contributed by atoms with Gasteiger partial charge in [0.15, 0.2) is 0 Å². The summed E-state index contributed by atoms with van der Waals surface area (Å²) < 4.78 is 0.897. The highest BCUT2D eigenvalue weighted by molar-refractivity contribution is 14.1. The Morgan fingerprint density at radius 1 is 1.24 bits per heavy atom. The fourth-order valence-corrected chi connectivity index (χ4v) is 2.48. The third-order valence-electron chi connectivity index (χ3n) is 3.06. The first-order chi connectivity index (χ1) is 10.1. The minimum atomic E-state index is -0.321. The van der Waals surface area contributed by atoms with Crippen LogP contribution in [0, 0.1) is 3.57 Å². The van der Waals surface area contributed by atoms with E-state index in [1.165, 1.54) is 0 Å². The third kappa shape index (κ3) is 4.69. The number of aliphatic hydroxyl groups excluding tert-OH is 1. The maximum Gasteiger partial charge on any atom is 0.251 e. The molecule has 5 heteroatoms. The van der Waals surface area contributed by atoms with Crippen LogP contribution in [-0.2, 0) is 6.42 Å². The number of halogens is 2. The fourth-order valence-electron chi connectivity index (χ4n) is 1.97. The molecule has 0 aliphatic heterocycles. The number of nitrogens with one attached hydrogen (secondary N) is 1. The predicted octanol–water partition coefficient (Wildman–Crippen LogP) is 3.28. The molecule has 2 N–H and O–H groups in total. The van der Waals surface area contributed by atoms with Crippen LogP contribution in [0.15, 0.2) is 48.5 Å². The van der Waals surface area contributed by atoms with Gasteiger partial charge in [-0.1, -0.05) is 41.9 Å². The molecule has 0 aliphatic rings. The molecule has 2 rings (SSSR count). The average Bonchev–Trinajstić information content (AvgIpc) is 2.50. The lowest BCUT2D eigenvalue weighted by atomic mass is 10.1. The Morgan fingerprint density at radius 2 is 1.95 bits per heavy atom. The van der Waals surface area contributed by atoms with Crippen LogP contribution in [0.4, 0.5) is 0 Å². The van der Waals surface area contributed by atoms with Gasteiger partial charge in [-0.3, -0.25) is 4.79 Å². The summed E-state index contributed by atoms with van der Waals surface area (Å²) in [4.78, 5) is 12.2. The molecule has 0 bridgehead atoms. The van der Waals surface area contributed by atoms with E-state index in [1.807, 2.05) is 30.3 Å². The zero-order valence-electron chi connectivity index (χ0n) is 11.2. The third-order valence-corrected chi connectivity index (χ3v) is 4.63. The summed E-state index contributed by atoms with van der Waals surface area (Å²) in [6.45, 7) is -0.112. The number of aliphatic hydroxyl groups is 1. The Kier molecular flexibility index (Phi) is 6.02. The van der Waals surface area contributed by atoms with Crippen LogP contribution in [0.5, 0.6) is 0 Å². The number of rotatable bonds is 5. The molecule has 1 amide bonds. The van der Waals surface area contributed by atoms with Crippen molar-refractivity contribution in [2.75, 3.05) is 6.61 Å². The average molecular weight is 416 g/mol. The van der Waals surface area contributed by atoms with E-state index in [0.717, 1.165) is 9.13 Å². The summed E-state index contributed by atoms with van der Waals surface area (Å²) in [5.41, 5.74) is 1.56. The van der Waals surface area contributed by atoms with Crippen molar-refractivity contribution in [1.29, 1.82) is 0 Å². The molecule has 110 valence electrons. The van der Waals surface area contributed by atoms with Gasteiger partial charge in [-0.2, -0.15) is 0 Å². The van der Waals surface area contributed by atoms with Crippen molar-refractivity contribution >= 4 is 40.1 Å². The summed E-state index contributed by atoms with van der Waals surface area (Å²) in [7, 11) is 0. The number of hydrogen-bond acceptors (Lipinski definition) is 2. The zero-order chi connectivity index (χ0) is 15.2. The van der Waals surface area contributed by atoms with Crippen LogP contribution in [0.1, 0.15) is 15.9 Å². The van der Waals surface area contributed by atoms with Gasteiger partial charge in [-0.15, -0.1) is 0 Å². The second kappa shape index (κ2) is 7.77. The quantitative estimate of drug-likeness (QED) is 0.737. The van der Waals surface area contributed by atoms with Crippen LogP contribution < -0.4 is 5.32 Å². The van der Waals surface area contributed by atoms with E-state index in [-0.39, 0.29) is 18.6 Å². The number of benzene rings is 2. The SMILES string of the molecule is O=C(N[C@@H](CO)Cc1ccccc1)c1ccc(I)c(Cl)c1. The molecule has 0 fully saturated rings. The topological polar surface area (TPSA) is 49.3 Å². The van der Waals surface area contributed by atoms with E-state index < -0.39 is 0 Å². The summed E-state index contributed by atoms with van der Waals surface area (Å²) in [6.07, 6.45) is 0.585. The van der Waals surface area contributed by atoms with Crippen LogP contribution in [0.3, 0.4) is 0 Å². The maximum absolute atomic E-state index is 12.2. The fraction of sp³-hybridized carbons (Fsp3) is 0.188. The van der Waals surface area contributed by atoms with E-state index in [0.29, 0.717) is 17.0 Å². The lowest BCUT2D eigenvalue weighted by Crippen LogP contribution is -2.39. The Balaban J connectivity index is 2.04. The van der Waals surface area contributed by atoms with Gasteiger partial charge in [-0.05, 0) is 52.8 Å². The van der Waals surface area contributed by atoms with Crippen molar-refractivity contribution in [1.82, 2.24) is 5.32 Å². The van der Waals surface area contributed by atoms with Crippen LogP contribution in [-0.4, -0.2) is 23.7 Å². The minimum Gasteiger partial charge on any atom is -0.394 e. The highest BCUT2D eigenvalue weighted by Gasteiger charge is 2.14. The molecular weight excluding hydrogens is 401 g/mol. The largest absolute Gasteiger partial charge is 0.394 e. The van der Waals surface area contributed by atoms with Crippen molar-refractivity contribution in [2.24, 2.45) is 0 Å². The van der Waals surface area contributed by atoms with Gasteiger partial charge in [-0.25, -0.2) is 0 Å². The monoisotopic (exact) mass is 415 g/mol. The van der Waals surface area contributed by atoms with E-state index in [4.69, 9.17) is 11.6 Å². The van der Waals surface area contributed by atoms with Crippen molar-refractivity contribution in [2.45, 2.75) is 12.5 Å². The molecule has 0 heterocycles. The maximum atomic E-state index is 12.2. The zero-order valence-corrected chi connectivity index (χ0v) is 14.1. The van der Waals surface area contributed by atoms with E-state index in [9.17, 15) is 9.90 Å². The molecule has 0 radical (unpaired) electrons. The van der Waals surface area contributed by atoms with Crippen molar-refractivity contribution in [3.63, 3.8) is 0 Å². The molecule has 0 saturated carbocycles. The molecule has 3 nitrogen and oxygen atoms in total. The molecule has 1 atom stereocenters. The standard InChI is InChI=1S/C16H15ClINO2/c17-14-9-12(6-7-15(14)18)16(21)19-13(10-20)8-11-4-2-1-3-5-11/h1-7,9,13,20H,8,10H2,(H,19,21)/t13-/m1/s1. The second-order valence-electron chi connectivity index (χ2n) is 4.67. The van der Waals surface area contributed by atoms with Gasteiger partial charge in [0.05, 0.1) is 17.7 Å². The Bertz CT molecular complexity index is 619. The van der Waals surface area contributed by atoms with Gasteiger partial charge >= 0.3 is 0 Å². The molecule has 2 aromatic carbocycles. The Labute approximate surface area is 142 Å². The van der Waals surface area contributed by atoms with E-state index in [1.54, 1.807) is 18.2 Å². The smallest absolute Gasteiger partial charge is 0.251 e. The van der Waals surface area contributed by atoms with Gasteiger partial charge in [0.25, 0.3) is 5.91 Å². The lowest BCUT2D eigenvalue weighted by molar-refractivity contribution is 0.0916. The number of carbonyl (C=O) groups excluding carboxylic acids is 1. The molecule has 0 unspecified atom stereocenters. The molecule has 21 heavy (non-hydrogen) atoms. The number of carbonyl (C=O) groups is 1. The summed E-state index contributed by atoms with van der Waals surface area (Å²) >= 11 is 8.13. The van der Waals surface area contributed by atoms with E-state index in [2.05, 4.69) is 27.9 Å². The van der Waals surface area contributed by atoms with Crippen LogP contribution in [0.25, 0.3) is 0 Å². The van der Waals surface area contributed by atoms with Crippen molar-refractivity contribution in [3.8, 4) is 0 Å². The molecule has 0 saturated heterocycles. The van der Waals surface area contributed by atoms with Gasteiger partial charge in [0, 0.05) is 9.13 Å².